The molecule has 4 nitrogen and oxygen atoms in total. The number of hydrogen-bond donors (Lipinski definition) is 1. The molecule has 0 saturated carbocycles. The van der Waals surface area contributed by atoms with Crippen molar-refractivity contribution in [3.05, 3.63) is 29.7 Å². The van der Waals surface area contributed by atoms with Crippen LogP contribution in [0.25, 0.3) is 21.3 Å². The van der Waals surface area contributed by atoms with E-state index in [0.717, 1.165) is 32.8 Å². The fraction of sp³-hybridized carbons (Fsp3) is 0.167. The first-order chi connectivity index (χ1) is 8.16. The van der Waals surface area contributed by atoms with Gasteiger partial charge in [-0.15, -0.1) is 0 Å². The number of benzene rings is 1. The predicted molar refractivity (Wildman–Crippen MR) is 69.0 cm³/mol. The summed E-state index contributed by atoms with van der Waals surface area (Å²) in [7, 11) is 0. The van der Waals surface area contributed by atoms with E-state index in [1.807, 2.05) is 32.0 Å². The minimum absolute atomic E-state index is 0.583. The standard InChI is InChI=1S/C12H11N3OS/c1-6-10(7(2)16-15-6)8-4-3-5-9-11(8)17-12(13)14-9/h3-5H,1-2H3,(H2,13,14). The van der Waals surface area contributed by atoms with Crippen LogP contribution in [0.2, 0.25) is 0 Å². The zero-order valence-corrected chi connectivity index (χ0v) is 10.3. The SMILES string of the molecule is Cc1noc(C)c1-c1cccc2nc(N)sc12. The van der Waals surface area contributed by atoms with Gasteiger partial charge in [-0.3, -0.25) is 0 Å². The molecule has 1 aromatic carbocycles. The summed E-state index contributed by atoms with van der Waals surface area (Å²) in [4.78, 5) is 4.29. The quantitative estimate of drug-likeness (QED) is 0.715. The highest BCUT2D eigenvalue weighted by molar-refractivity contribution is 7.22. The number of hydrogen-bond acceptors (Lipinski definition) is 5. The van der Waals surface area contributed by atoms with E-state index in [2.05, 4.69) is 10.1 Å². The van der Waals surface area contributed by atoms with Crippen LogP contribution in [-0.2, 0) is 0 Å². The smallest absolute Gasteiger partial charge is 0.181 e. The molecule has 2 heterocycles. The first-order valence-corrected chi connectivity index (χ1v) is 6.06. The molecule has 0 spiro atoms. The van der Waals surface area contributed by atoms with Gasteiger partial charge in [0.15, 0.2) is 5.13 Å². The van der Waals surface area contributed by atoms with Crippen LogP contribution in [0.1, 0.15) is 11.5 Å². The Morgan fingerprint density at radius 3 is 2.82 bits per heavy atom. The highest BCUT2D eigenvalue weighted by atomic mass is 32.1. The second-order valence-corrected chi connectivity index (χ2v) is 4.94. The Kier molecular flexibility index (Phi) is 2.16. The molecule has 2 N–H and O–H groups in total. The number of aromatic nitrogens is 2. The van der Waals surface area contributed by atoms with Gasteiger partial charge in [-0.2, -0.15) is 0 Å². The van der Waals surface area contributed by atoms with Crippen LogP contribution >= 0.6 is 11.3 Å². The van der Waals surface area contributed by atoms with E-state index in [-0.39, 0.29) is 0 Å². The molecule has 3 rings (SSSR count). The predicted octanol–water partition coefficient (Wildman–Crippen LogP) is 3.15. The molecule has 5 heteroatoms. The van der Waals surface area contributed by atoms with Crippen LogP contribution in [0.15, 0.2) is 22.7 Å². The molecular weight excluding hydrogens is 234 g/mol. The lowest BCUT2D eigenvalue weighted by Crippen LogP contribution is -1.82. The summed E-state index contributed by atoms with van der Waals surface area (Å²) in [6, 6.07) is 5.99. The van der Waals surface area contributed by atoms with Crippen LogP contribution in [0, 0.1) is 13.8 Å². The summed E-state index contributed by atoms with van der Waals surface area (Å²) in [6.07, 6.45) is 0. The average Bonchev–Trinajstić information content (AvgIpc) is 2.81. The van der Waals surface area contributed by atoms with Gasteiger partial charge in [0.2, 0.25) is 0 Å². The van der Waals surface area contributed by atoms with Crippen molar-refractivity contribution in [3.63, 3.8) is 0 Å². The molecule has 17 heavy (non-hydrogen) atoms. The van der Waals surface area contributed by atoms with E-state index in [1.54, 1.807) is 0 Å². The highest BCUT2D eigenvalue weighted by Crippen LogP contribution is 2.36. The lowest BCUT2D eigenvalue weighted by atomic mass is 10.0. The van der Waals surface area contributed by atoms with Crippen molar-refractivity contribution in [1.82, 2.24) is 10.1 Å². The van der Waals surface area contributed by atoms with Gasteiger partial charge in [-0.05, 0) is 19.9 Å². The fourth-order valence-electron chi connectivity index (χ4n) is 2.03. The third kappa shape index (κ3) is 1.51. The van der Waals surface area contributed by atoms with Gasteiger partial charge in [-0.1, -0.05) is 28.6 Å². The van der Waals surface area contributed by atoms with Crippen molar-refractivity contribution < 1.29 is 4.52 Å². The van der Waals surface area contributed by atoms with Gasteiger partial charge in [0, 0.05) is 11.1 Å². The Labute approximate surface area is 102 Å². The number of thiazole rings is 1. The van der Waals surface area contributed by atoms with E-state index >= 15 is 0 Å². The van der Waals surface area contributed by atoms with Crippen molar-refractivity contribution in [1.29, 1.82) is 0 Å². The molecule has 0 atom stereocenters. The molecule has 0 fully saturated rings. The van der Waals surface area contributed by atoms with Crippen LogP contribution in [0.4, 0.5) is 5.13 Å². The summed E-state index contributed by atoms with van der Waals surface area (Å²) in [5.74, 6) is 0.821. The van der Waals surface area contributed by atoms with Crippen molar-refractivity contribution >= 4 is 26.7 Å². The van der Waals surface area contributed by atoms with Gasteiger partial charge in [-0.25, -0.2) is 4.98 Å². The number of aryl methyl sites for hydroxylation is 2. The maximum absolute atomic E-state index is 5.76. The van der Waals surface area contributed by atoms with Crippen LogP contribution in [0.3, 0.4) is 0 Å². The Morgan fingerprint density at radius 1 is 1.29 bits per heavy atom. The lowest BCUT2D eigenvalue weighted by Gasteiger charge is -2.00. The van der Waals surface area contributed by atoms with Crippen molar-refractivity contribution in [2.75, 3.05) is 5.73 Å². The van der Waals surface area contributed by atoms with E-state index in [1.165, 1.54) is 11.3 Å². The van der Waals surface area contributed by atoms with E-state index in [0.29, 0.717) is 5.13 Å². The number of fused-ring (bicyclic) bond motifs is 1. The molecule has 0 unspecified atom stereocenters. The average molecular weight is 245 g/mol. The third-order valence-electron chi connectivity index (χ3n) is 2.73. The van der Waals surface area contributed by atoms with Gasteiger partial charge < -0.3 is 10.3 Å². The summed E-state index contributed by atoms with van der Waals surface area (Å²) < 4.78 is 6.29. The number of anilines is 1. The largest absolute Gasteiger partial charge is 0.375 e. The van der Waals surface area contributed by atoms with Gasteiger partial charge >= 0.3 is 0 Å². The zero-order valence-electron chi connectivity index (χ0n) is 9.52. The van der Waals surface area contributed by atoms with Gasteiger partial charge in [0.1, 0.15) is 5.76 Å². The highest BCUT2D eigenvalue weighted by Gasteiger charge is 2.15. The normalized spacial score (nSPS) is 11.2. The molecule has 0 radical (unpaired) electrons. The second kappa shape index (κ2) is 3.56. The first kappa shape index (κ1) is 10.3. The maximum Gasteiger partial charge on any atom is 0.181 e. The maximum atomic E-state index is 5.76. The number of nitrogen functional groups attached to an aromatic ring is 1. The van der Waals surface area contributed by atoms with Crippen molar-refractivity contribution in [2.24, 2.45) is 0 Å². The molecule has 0 aliphatic rings. The van der Waals surface area contributed by atoms with E-state index in [9.17, 15) is 0 Å². The monoisotopic (exact) mass is 245 g/mol. The first-order valence-electron chi connectivity index (χ1n) is 5.25. The minimum Gasteiger partial charge on any atom is -0.375 e. The minimum atomic E-state index is 0.583. The number of nitrogens with zero attached hydrogens (tertiary/aromatic N) is 2. The topological polar surface area (TPSA) is 64.9 Å². The molecule has 0 saturated heterocycles. The van der Waals surface area contributed by atoms with E-state index in [4.69, 9.17) is 10.3 Å². The van der Waals surface area contributed by atoms with Gasteiger partial charge in [0.05, 0.1) is 15.9 Å². The Bertz CT molecular complexity index is 679. The van der Waals surface area contributed by atoms with Crippen LogP contribution < -0.4 is 5.73 Å². The Hall–Kier alpha value is -1.88. The molecule has 0 aliphatic carbocycles. The van der Waals surface area contributed by atoms with Crippen LogP contribution in [-0.4, -0.2) is 10.1 Å². The summed E-state index contributed by atoms with van der Waals surface area (Å²) in [5.41, 5.74) is 9.70. The molecule has 2 aromatic heterocycles. The number of rotatable bonds is 1. The summed E-state index contributed by atoms with van der Waals surface area (Å²) >= 11 is 1.49. The fourth-order valence-corrected chi connectivity index (χ4v) is 2.88. The molecular formula is C12H11N3OS. The van der Waals surface area contributed by atoms with Gasteiger partial charge in [0.25, 0.3) is 0 Å². The Morgan fingerprint density at radius 2 is 2.12 bits per heavy atom. The molecule has 0 aliphatic heterocycles. The zero-order chi connectivity index (χ0) is 12.0. The molecule has 86 valence electrons. The Balaban J connectivity index is 2.38. The molecule has 0 bridgehead atoms. The van der Waals surface area contributed by atoms with Crippen molar-refractivity contribution in [2.45, 2.75) is 13.8 Å². The molecule has 3 aromatic rings. The molecule has 0 amide bonds. The van der Waals surface area contributed by atoms with Crippen molar-refractivity contribution in [3.8, 4) is 11.1 Å². The second-order valence-electron chi connectivity index (χ2n) is 3.91. The third-order valence-corrected chi connectivity index (χ3v) is 3.67. The summed E-state index contributed by atoms with van der Waals surface area (Å²) in [6.45, 7) is 3.85. The number of nitrogens with two attached hydrogens (primary N) is 1. The van der Waals surface area contributed by atoms with Crippen LogP contribution in [0.5, 0.6) is 0 Å². The van der Waals surface area contributed by atoms with E-state index < -0.39 is 0 Å². The summed E-state index contributed by atoms with van der Waals surface area (Å²) in [5, 5.41) is 4.57. The lowest BCUT2D eigenvalue weighted by molar-refractivity contribution is 0.393.